The highest BCUT2D eigenvalue weighted by Gasteiger charge is 2.10. The average molecular weight is 322 g/mol. The third kappa shape index (κ3) is 8.35. The Hall–Kier alpha value is -0.840. The van der Waals surface area contributed by atoms with Gasteiger partial charge in [0.2, 0.25) is 5.91 Å². The van der Waals surface area contributed by atoms with Crippen molar-refractivity contribution in [3.63, 3.8) is 0 Å². The van der Waals surface area contributed by atoms with Gasteiger partial charge < -0.3 is 11.1 Å². The number of pyridine rings is 1. The minimum atomic E-state index is 0. The molecule has 1 aromatic rings. The lowest BCUT2D eigenvalue weighted by Crippen LogP contribution is -2.40. The van der Waals surface area contributed by atoms with Crippen molar-refractivity contribution in [3.8, 4) is 0 Å². The molecule has 1 atom stereocenters. The topological polar surface area (TPSA) is 68.0 Å². The molecule has 1 rings (SSSR count). The van der Waals surface area contributed by atoms with Crippen LogP contribution in [0.3, 0.4) is 0 Å². The van der Waals surface area contributed by atoms with Gasteiger partial charge in [-0.2, -0.15) is 0 Å². The van der Waals surface area contributed by atoms with Crippen LogP contribution in [0.5, 0.6) is 0 Å². The van der Waals surface area contributed by atoms with E-state index in [9.17, 15) is 4.79 Å². The highest BCUT2D eigenvalue weighted by molar-refractivity contribution is 5.85. The summed E-state index contributed by atoms with van der Waals surface area (Å²) in [7, 11) is 0. The van der Waals surface area contributed by atoms with Gasteiger partial charge in [-0.15, -0.1) is 24.8 Å². The molecule has 6 heteroatoms. The number of carbonyl (C=O) groups is 1. The third-order valence-electron chi connectivity index (χ3n) is 2.89. The Morgan fingerprint density at radius 2 is 2.10 bits per heavy atom. The summed E-state index contributed by atoms with van der Waals surface area (Å²) >= 11 is 0. The van der Waals surface area contributed by atoms with E-state index in [2.05, 4.69) is 17.2 Å². The molecule has 0 fully saturated rings. The number of aryl methyl sites for hydroxylation is 1. The number of amides is 1. The molecule has 0 aromatic carbocycles. The summed E-state index contributed by atoms with van der Waals surface area (Å²) < 4.78 is 0. The fourth-order valence-corrected chi connectivity index (χ4v) is 1.77. The van der Waals surface area contributed by atoms with Crippen LogP contribution < -0.4 is 11.1 Å². The van der Waals surface area contributed by atoms with Gasteiger partial charge in [0.05, 0.1) is 6.42 Å². The van der Waals surface area contributed by atoms with E-state index in [-0.39, 0.29) is 36.8 Å². The lowest BCUT2D eigenvalue weighted by molar-refractivity contribution is -0.121. The predicted octanol–water partition coefficient (Wildman–Crippen LogP) is 2.41. The maximum absolute atomic E-state index is 11.8. The first kappa shape index (κ1) is 21.5. The van der Waals surface area contributed by atoms with Crippen molar-refractivity contribution in [2.75, 3.05) is 6.54 Å². The summed E-state index contributed by atoms with van der Waals surface area (Å²) in [5.41, 5.74) is 7.54. The summed E-state index contributed by atoms with van der Waals surface area (Å²) in [4.78, 5) is 16.0. The minimum Gasteiger partial charge on any atom is -0.352 e. The second-order valence-electron chi connectivity index (χ2n) is 4.63. The quantitative estimate of drug-likeness (QED) is 0.810. The number of unbranched alkanes of at least 4 members (excludes halogenated alkanes) is 1. The zero-order valence-electron chi connectivity index (χ0n) is 12.1. The summed E-state index contributed by atoms with van der Waals surface area (Å²) in [6.45, 7) is 4.56. The molecule has 0 aliphatic rings. The van der Waals surface area contributed by atoms with Gasteiger partial charge in [0.25, 0.3) is 0 Å². The first-order valence-corrected chi connectivity index (χ1v) is 6.56. The molecule has 0 radical (unpaired) electrons. The summed E-state index contributed by atoms with van der Waals surface area (Å²) in [6.07, 6.45) is 5.28. The molecule has 0 aliphatic carbocycles. The first-order valence-electron chi connectivity index (χ1n) is 6.56. The van der Waals surface area contributed by atoms with Gasteiger partial charge in [-0.3, -0.25) is 9.78 Å². The van der Waals surface area contributed by atoms with E-state index >= 15 is 0 Å². The van der Waals surface area contributed by atoms with Gasteiger partial charge in [-0.05, 0) is 25.0 Å². The van der Waals surface area contributed by atoms with Crippen molar-refractivity contribution in [3.05, 3.63) is 29.6 Å². The average Bonchev–Trinajstić information content (AvgIpc) is 2.37. The van der Waals surface area contributed by atoms with Gasteiger partial charge in [-0.25, -0.2) is 0 Å². The summed E-state index contributed by atoms with van der Waals surface area (Å²) in [5, 5.41) is 2.97. The van der Waals surface area contributed by atoms with Gasteiger partial charge in [0.1, 0.15) is 0 Å². The van der Waals surface area contributed by atoms with Crippen LogP contribution >= 0.6 is 24.8 Å². The number of nitrogens with zero attached hydrogens (tertiary/aromatic N) is 1. The lowest BCUT2D eigenvalue weighted by Gasteiger charge is -2.16. The largest absolute Gasteiger partial charge is 0.352 e. The molecule has 0 aliphatic heterocycles. The van der Waals surface area contributed by atoms with Crippen molar-refractivity contribution in [2.24, 2.45) is 5.73 Å². The van der Waals surface area contributed by atoms with E-state index in [1.54, 1.807) is 6.20 Å². The number of nitrogens with one attached hydrogen (secondary N) is 1. The zero-order valence-corrected chi connectivity index (χ0v) is 13.7. The first-order chi connectivity index (χ1) is 8.65. The van der Waals surface area contributed by atoms with E-state index in [1.807, 2.05) is 19.1 Å². The molecular formula is C14H25Cl2N3O. The maximum Gasteiger partial charge on any atom is 0.224 e. The normalized spacial score (nSPS) is 10.9. The van der Waals surface area contributed by atoms with Gasteiger partial charge in [0, 0.05) is 24.5 Å². The van der Waals surface area contributed by atoms with Crippen molar-refractivity contribution < 1.29 is 4.79 Å². The van der Waals surface area contributed by atoms with E-state index < -0.39 is 0 Å². The van der Waals surface area contributed by atoms with Crippen LogP contribution in [0.1, 0.15) is 37.4 Å². The van der Waals surface area contributed by atoms with Gasteiger partial charge in [0.15, 0.2) is 0 Å². The maximum atomic E-state index is 11.8. The van der Waals surface area contributed by atoms with Crippen LogP contribution in [0.25, 0.3) is 0 Å². The second kappa shape index (κ2) is 11.9. The number of hydrogen-bond donors (Lipinski definition) is 2. The Labute approximate surface area is 133 Å². The molecule has 0 saturated carbocycles. The van der Waals surface area contributed by atoms with Crippen molar-refractivity contribution in [1.29, 1.82) is 0 Å². The molecule has 116 valence electrons. The Morgan fingerprint density at radius 1 is 1.40 bits per heavy atom. The number of halogens is 2. The van der Waals surface area contributed by atoms with E-state index in [0.29, 0.717) is 13.0 Å². The van der Waals surface area contributed by atoms with Crippen molar-refractivity contribution in [1.82, 2.24) is 10.3 Å². The van der Waals surface area contributed by atoms with Crippen LogP contribution in [-0.2, 0) is 11.2 Å². The lowest BCUT2D eigenvalue weighted by atomic mass is 10.1. The fraction of sp³-hybridized carbons (Fsp3) is 0.571. The number of aromatic nitrogens is 1. The molecule has 1 heterocycles. The Kier molecular flexibility index (Phi) is 12.8. The molecule has 20 heavy (non-hydrogen) atoms. The number of nitrogens with two attached hydrogens (primary N) is 1. The summed E-state index contributed by atoms with van der Waals surface area (Å²) in [6, 6.07) is 3.95. The third-order valence-corrected chi connectivity index (χ3v) is 2.89. The van der Waals surface area contributed by atoms with Crippen molar-refractivity contribution in [2.45, 2.75) is 45.6 Å². The molecule has 1 unspecified atom stereocenters. The Morgan fingerprint density at radius 3 is 2.60 bits per heavy atom. The monoisotopic (exact) mass is 321 g/mol. The van der Waals surface area contributed by atoms with E-state index in [0.717, 1.165) is 30.5 Å². The number of rotatable bonds is 7. The van der Waals surface area contributed by atoms with Crippen LogP contribution in [0.4, 0.5) is 0 Å². The molecule has 0 saturated heterocycles. The molecular weight excluding hydrogens is 297 g/mol. The number of hydrogen-bond acceptors (Lipinski definition) is 3. The van der Waals surface area contributed by atoms with Crippen LogP contribution in [0, 0.1) is 6.92 Å². The molecule has 1 aromatic heterocycles. The Balaban J connectivity index is 0. The van der Waals surface area contributed by atoms with Crippen LogP contribution in [-0.4, -0.2) is 23.5 Å². The van der Waals surface area contributed by atoms with Gasteiger partial charge >= 0.3 is 0 Å². The smallest absolute Gasteiger partial charge is 0.224 e. The van der Waals surface area contributed by atoms with E-state index in [1.165, 1.54) is 0 Å². The number of carbonyl (C=O) groups excluding carboxylic acids is 1. The minimum absolute atomic E-state index is 0. The van der Waals surface area contributed by atoms with E-state index in [4.69, 9.17) is 5.73 Å². The predicted molar refractivity (Wildman–Crippen MR) is 87.7 cm³/mol. The summed E-state index contributed by atoms with van der Waals surface area (Å²) in [5.74, 6) is 0.0206. The highest BCUT2D eigenvalue weighted by Crippen LogP contribution is 2.02. The molecule has 0 bridgehead atoms. The molecule has 4 nitrogen and oxygen atoms in total. The SMILES string of the molecule is CCCCC(CN)NC(=O)Cc1ccc(C)nc1.Cl.Cl. The molecule has 1 amide bonds. The second-order valence-corrected chi connectivity index (χ2v) is 4.63. The van der Waals surface area contributed by atoms with Crippen molar-refractivity contribution >= 4 is 30.7 Å². The van der Waals surface area contributed by atoms with Crippen LogP contribution in [0.15, 0.2) is 18.3 Å². The highest BCUT2D eigenvalue weighted by atomic mass is 35.5. The van der Waals surface area contributed by atoms with Crippen LogP contribution in [0.2, 0.25) is 0 Å². The molecule has 0 spiro atoms. The van der Waals surface area contributed by atoms with Gasteiger partial charge in [-0.1, -0.05) is 25.8 Å². The zero-order chi connectivity index (χ0) is 13.4. The standard InChI is InChI=1S/C14H23N3O.2ClH/c1-3-4-5-13(9-15)17-14(18)8-12-7-6-11(2)16-10-12;;/h6-7,10,13H,3-5,8-9,15H2,1-2H3,(H,17,18);2*1H. The molecule has 3 N–H and O–H groups in total. The Bertz CT molecular complexity index is 371. The fourth-order valence-electron chi connectivity index (χ4n) is 1.77.